The molecule has 1 saturated heterocycles. The van der Waals surface area contributed by atoms with Crippen molar-refractivity contribution in [3.63, 3.8) is 0 Å². The van der Waals surface area contributed by atoms with Gasteiger partial charge in [-0.25, -0.2) is 4.98 Å². The third-order valence-corrected chi connectivity index (χ3v) is 4.73. The Kier molecular flexibility index (Phi) is 5.89. The van der Waals surface area contributed by atoms with Crippen LogP contribution < -0.4 is 10.1 Å². The van der Waals surface area contributed by atoms with Gasteiger partial charge in [0.05, 0.1) is 18.7 Å². The molecule has 1 unspecified atom stereocenters. The van der Waals surface area contributed by atoms with Crippen LogP contribution in [0.15, 0.2) is 42.6 Å². The number of benzene rings is 1. The molecule has 132 valence electrons. The average Bonchev–Trinajstić information content (AvgIpc) is 3.17. The molecule has 1 aliphatic heterocycles. The molecule has 1 fully saturated rings. The predicted octanol–water partition coefficient (Wildman–Crippen LogP) is 3.31. The summed E-state index contributed by atoms with van der Waals surface area (Å²) in [5.74, 6) is 0.686. The lowest BCUT2D eigenvalue weighted by molar-refractivity contribution is 0.0937. The van der Waals surface area contributed by atoms with E-state index >= 15 is 0 Å². The SMILES string of the molecule is COc1cccc(C(CNC(=O)c2ccc(Cl)nc2)N2CCCC2)c1. The number of carbonyl (C=O) groups is 1. The Hall–Kier alpha value is -2.11. The summed E-state index contributed by atoms with van der Waals surface area (Å²) in [6.07, 6.45) is 3.87. The minimum absolute atomic E-state index is 0.127. The minimum Gasteiger partial charge on any atom is -0.497 e. The van der Waals surface area contributed by atoms with Gasteiger partial charge in [-0.05, 0) is 55.8 Å². The summed E-state index contributed by atoms with van der Waals surface area (Å²) in [6.45, 7) is 2.62. The maximum absolute atomic E-state index is 12.4. The highest BCUT2D eigenvalue weighted by molar-refractivity contribution is 6.29. The first-order valence-corrected chi connectivity index (χ1v) is 8.83. The van der Waals surface area contributed by atoms with Crippen LogP contribution in [0.1, 0.15) is 34.8 Å². The van der Waals surface area contributed by atoms with Crippen molar-refractivity contribution in [2.24, 2.45) is 0 Å². The van der Waals surface area contributed by atoms with Crippen LogP contribution in [0, 0.1) is 0 Å². The van der Waals surface area contributed by atoms with Crippen LogP contribution in [0.4, 0.5) is 0 Å². The molecule has 1 N–H and O–H groups in total. The highest BCUT2D eigenvalue weighted by Gasteiger charge is 2.24. The van der Waals surface area contributed by atoms with Gasteiger partial charge in [-0.1, -0.05) is 23.7 Å². The molecule has 2 heterocycles. The summed E-state index contributed by atoms with van der Waals surface area (Å²) in [4.78, 5) is 18.8. The second-order valence-electron chi connectivity index (χ2n) is 6.12. The van der Waals surface area contributed by atoms with Crippen LogP contribution in [0.2, 0.25) is 5.15 Å². The summed E-state index contributed by atoms with van der Waals surface area (Å²) < 4.78 is 5.35. The van der Waals surface area contributed by atoms with E-state index < -0.39 is 0 Å². The zero-order chi connectivity index (χ0) is 17.6. The molecule has 0 saturated carbocycles. The van der Waals surface area contributed by atoms with E-state index in [4.69, 9.17) is 16.3 Å². The molecule has 0 spiro atoms. The Bertz CT molecular complexity index is 715. The van der Waals surface area contributed by atoms with Crippen molar-refractivity contribution in [1.82, 2.24) is 15.2 Å². The van der Waals surface area contributed by atoms with Gasteiger partial charge >= 0.3 is 0 Å². The Morgan fingerprint density at radius 1 is 1.32 bits per heavy atom. The van der Waals surface area contributed by atoms with Crippen molar-refractivity contribution in [2.45, 2.75) is 18.9 Å². The van der Waals surface area contributed by atoms with Crippen LogP contribution in [-0.2, 0) is 0 Å². The molecule has 1 aromatic carbocycles. The smallest absolute Gasteiger partial charge is 0.252 e. The normalized spacial score (nSPS) is 15.8. The summed E-state index contributed by atoms with van der Waals surface area (Å²) in [5.41, 5.74) is 1.66. The summed E-state index contributed by atoms with van der Waals surface area (Å²) >= 11 is 5.78. The Balaban J connectivity index is 1.73. The monoisotopic (exact) mass is 359 g/mol. The number of hydrogen-bond donors (Lipinski definition) is 1. The molecular weight excluding hydrogens is 338 g/mol. The van der Waals surface area contributed by atoms with Gasteiger partial charge in [-0.2, -0.15) is 0 Å². The van der Waals surface area contributed by atoms with E-state index in [1.165, 1.54) is 19.0 Å². The maximum Gasteiger partial charge on any atom is 0.252 e. The quantitative estimate of drug-likeness (QED) is 0.804. The lowest BCUT2D eigenvalue weighted by atomic mass is 10.0. The minimum atomic E-state index is -0.142. The van der Waals surface area contributed by atoms with Crippen molar-refractivity contribution in [3.8, 4) is 5.75 Å². The van der Waals surface area contributed by atoms with E-state index in [1.807, 2.05) is 18.2 Å². The van der Waals surface area contributed by atoms with Crippen molar-refractivity contribution in [1.29, 1.82) is 0 Å². The van der Waals surface area contributed by atoms with Crippen molar-refractivity contribution in [3.05, 3.63) is 58.9 Å². The molecule has 0 aliphatic carbocycles. The number of aromatic nitrogens is 1. The molecule has 1 atom stereocenters. The van der Waals surface area contributed by atoms with Crippen molar-refractivity contribution in [2.75, 3.05) is 26.7 Å². The third-order valence-electron chi connectivity index (χ3n) is 4.51. The van der Waals surface area contributed by atoms with Crippen LogP contribution in [0.25, 0.3) is 0 Å². The molecule has 5 nitrogen and oxygen atoms in total. The van der Waals surface area contributed by atoms with Gasteiger partial charge in [0.2, 0.25) is 0 Å². The maximum atomic E-state index is 12.4. The second kappa shape index (κ2) is 8.32. The van der Waals surface area contributed by atoms with E-state index in [0.29, 0.717) is 17.3 Å². The van der Waals surface area contributed by atoms with Gasteiger partial charge in [0.1, 0.15) is 10.9 Å². The number of methoxy groups -OCH3 is 1. The van der Waals surface area contributed by atoms with E-state index in [2.05, 4.69) is 21.3 Å². The third kappa shape index (κ3) is 4.50. The number of rotatable bonds is 6. The average molecular weight is 360 g/mol. The van der Waals surface area contributed by atoms with E-state index in [1.54, 1.807) is 19.2 Å². The molecule has 2 aromatic rings. The Labute approximate surface area is 153 Å². The zero-order valence-corrected chi connectivity index (χ0v) is 15.0. The van der Waals surface area contributed by atoms with Crippen LogP contribution in [0.5, 0.6) is 5.75 Å². The standard InChI is InChI=1S/C19H22ClN3O2/c1-25-16-6-4-5-14(11-16)17(23-9-2-3-10-23)13-22-19(24)15-7-8-18(20)21-12-15/h4-8,11-12,17H,2-3,9-10,13H2,1H3,(H,22,24). The molecule has 0 radical (unpaired) electrons. The van der Waals surface area contributed by atoms with E-state index in [9.17, 15) is 4.79 Å². The number of nitrogens with zero attached hydrogens (tertiary/aromatic N) is 2. The molecular formula is C19H22ClN3O2. The molecule has 3 rings (SSSR count). The van der Waals surface area contributed by atoms with Gasteiger partial charge < -0.3 is 10.1 Å². The molecule has 25 heavy (non-hydrogen) atoms. The Morgan fingerprint density at radius 3 is 2.80 bits per heavy atom. The topological polar surface area (TPSA) is 54.5 Å². The molecule has 1 aromatic heterocycles. The number of likely N-dealkylation sites (tertiary alicyclic amines) is 1. The van der Waals surface area contributed by atoms with Crippen molar-refractivity contribution >= 4 is 17.5 Å². The van der Waals surface area contributed by atoms with Gasteiger partial charge in [0.25, 0.3) is 5.91 Å². The van der Waals surface area contributed by atoms with Gasteiger partial charge in [0.15, 0.2) is 0 Å². The summed E-state index contributed by atoms with van der Waals surface area (Å²) in [5, 5.41) is 3.40. The second-order valence-corrected chi connectivity index (χ2v) is 6.50. The zero-order valence-electron chi connectivity index (χ0n) is 14.2. The van der Waals surface area contributed by atoms with Crippen LogP contribution >= 0.6 is 11.6 Å². The highest BCUT2D eigenvalue weighted by atomic mass is 35.5. The lowest BCUT2D eigenvalue weighted by Gasteiger charge is -2.28. The summed E-state index contributed by atoms with van der Waals surface area (Å²) in [6, 6.07) is 11.5. The number of hydrogen-bond acceptors (Lipinski definition) is 4. The van der Waals surface area contributed by atoms with E-state index in [0.717, 1.165) is 24.4 Å². The lowest BCUT2D eigenvalue weighted by Crippen LogP contribution is -2.36. The van der Waals surface area contributed by atoms with Crippen LogP contribution in [0.3, 0.4) is 0 Å². The molecule has 6 heteroatoms. The summed E-state index contributed by atoms with van der Waals surface area (Å²) in [7, 11) is 1.67. The number of pyridine rings is 1. The Morgan fingerprint density at radius 2 is 2.12 bits per heavy atom. The fraction of sp³-hybridized carbons (Fsp3) is 0.368. The number of carbonyl (C=O) groups excluding carboxylic acids is 1. The molecule has 1 amide bonds. The van der Waals surface area contributed by atoms with Gasteiger partial charge in [0, 0.05) is 12.7 Å². The first kappa shape index (κ1) is 17.7. The first-order valence-electron chi connectivity index (χ1n) is 8.45. The number of amides is 1. The molecule has 1 aliphatic rings. The predicted molar refractivity (Wildman–Crippen MR) is 98.1 cm³/mol. The highest BCUT2D eigenvalue weighted by Crippen LogP contribution is 2.27. The molecule has 0 bridgehead atoms. The fourth-order valence-electron chi connectivity index (χ4n) is 3.16. The van der Waals surface area contributed by atoms with Crippen LogP contribution in [-0.4, -0.2) is 42.5 Å². The van der Waals surface area contributed by atoms with E-state index in [-0.39, 0.29) is 11.9 Å². The van der Waals surface area contributed by atoms with Gasteiger partial charge in [-0.3, -0.25) is 9.69 Å². The fourth-order valence-corrected chi connectivity index (χ4v) is 3.27. The van der Waals surface area contributed by atoms with Gasteiger partial charge in [-0.15, -0.1) is 0 Å². The number of nitrogens with one attached hydrogen (secondary N) is 1. The number of ether oxygens (including phenoxy) is 1. The number of halogens is 1. The largest absolute Gasteiger partial charge is 0.497 e. The first-order chi connectivity index (χ1) is 12.2. The van der Waals surface area contributed by atoms with Crippen molar-refractivity contribution < 1.29 is 9.53 Å².